The molecule has 0 rings (SSSR count). The van der Waals surface area contributed by atoms with Gasteiger partial charge in [0.1, 0.15) is 0 Å². The topological polar surface area (TPSA) is 3.24 Å². The minimum absolute atomic E-state index is 0.0451. The number of alkyl halides is 2. The maximum atomic E-state index is 12.7. The first-order valence-corrected chi connectivity index (χ1v) is 3.93. The minimum atomic E-state index is -2.50. The van der Waals surface area contributed by atoms with E-state index in [2.05, 4.69) is 0 Å². The van der Waals surface area contributed by atoms with Crippen molar-refractivity contribution in [3.8, 4) is 0 Å². The molecule has 0 aliphatic carbocycles. The molecule has 0 aliphatic rings. The van der Waals surface area contributed by atoms with Crippen LogP contribution in [0.1, 0.15) is 26.7 Å². The van der Waals surface area contributed by atoms with E-state index in [1.54, 1.807) is 0 Å². The Morgan fingerprint density at radius 1 is 1.36 bits per heavy atom. The molecular formula is C8H17F2N. The van der Waals surface area contributed by atoms with Crippen LogP contribution in [0.2, 0.25) is 0 Å². The van der Waals surface area contributed by atoms with Gasteiger partial charge < -0.3 is 4.90 Å². The Balaban J connectivity index is 3.83. The number of hydrogen-bond acceptors (Lipinski definition) is 1. The van der Waals surface area contributed by atoms with Crippen LogP contribution in [0.4, 0.5) is 8.78 Å². The lowest BCUT2D eigenvalue weighted by molar-refractivity contribution is -0.0285. The Labute approximate surface area is 67.4 Å². The van der Waals surface area contributed by atoms with Gasteiger partial charge in [-0.15, -0.1) is 0 Å². The summed E-state index contributed by atoms with van der Waals surface area (Å²) in [6.07, 6.45) is -0.109. The van der Waals surface area contributed by atoms with Crippen molar-refractivity contribution in [1.29, 1.82) is 0 Å². The van der Waals surface area contributed by atoms with Crippen molar-refractivity contribution in [2.45, 2.75) is 38.7 Å². The molecule has 3 heteroatoms. The molecule has 0 amide bonds. The molecule has 0 aliphatic heterocycles. The lowest BCUT2D eigenvalue weighted by Gasteiger charge is -2.24. The fourth-order valence-electron chi connectivity index (χ4n) is 0.759. The first-order valence-electron chi connectivity index (χ1n) is 3.93. The van der Waals surface area contributed by atoms with Gasteiger partial charge in [-0.25, -0.2) is 8.78 Å². The molecule has 0 saturated heterocycles. The fraction of sp³-hybridized carbons (Fsp3) is 1.00. The van der Waals surface area contributed by atoms with Gasteiger partial charge in [0.05, 0.1) is 0 Å². The van der Waals surface area contributed by atoms with E-state index < -0.39 is 5.92 Å². The predicted octanol–water partition coefficient (Wildman–Crippen LogP) is 2.37. The van der Waals surface area contributed by atoms with E-state index in [0.717, 1.165) is 0 Å². The van der Waals surface area contributed by atoms with Crippen molar-refractivity contribution in [3.63, 3.8) is 0 Å². The molecular weight excluding hydrogens is 148 g/mol. The number of hydrogen-bond donors (Lipinski definition) is 0. The second-order valence-electron chi connectivity index (χ2n) is 3.23. The van der Waals surface area contributed by atoms with Gasteiger partial charge in [-0.1, -0.05) is 6.92 Å². The summed E-state index contributed by atoms with van der Waals surface area (Å²) in [6, 6.07) is -0.0510. The van der Waals surface area contributed by atoms with Crippen molar-refractivity contribution in [1.82, 2.24) is 4.90 Å². The van der Waals surface area contributed by atoms with E-state index in [9.17, 15) is 8.78 Å². The summed E-state index contributed by atoms with van der Waals surface area (Å²) in [7, 11) is 3.63. The molecule has 1 unspecified atom stereocenters. The third-order valence-electron chi connectivity index (χ3n) is 1.99. The van der Waals surface area contributed by atoms with Crippen molar-refractivity contribution >= 4 is 0 Å². The van der Waals surface area contributed by atoms with Crippen molar-refractivity contribution in [2.75, 3.05) is 14.1 Å². The molecule has 0 bridgehead atoms. The van der Waals surface area contributed by atoms with Gasteiger partial charge >= 0.3 is 0 Å². The quantitative estimate of drug-likeness (QED) is 0.618. The third kappa shape index (κ3) is 4.30. The molecule has 1 nitrogen and oxygen atoms in total. The fourth-order valence-corrected chi connectivity index (χ4v) is 0.759. The van der Waals surface area contributed by atoms with E-state index in [0.29, 0.717) is 0 Å². The monoisotopic (exact) mass is 165 g/mol. The highest BCUT2D eigenvalue weighted by Gasteiger charge is 2.29. The highest BCUT2D eigenvalue weighted by atomic mass is 19.3. The molecule has 0 aromatic carbocycles. The van der Waals surface area contributed by atoms with Crippen LogP contribution in [0.25, 0.3) is 0 Å². The lowest BCUT2D eigenvalue weighted by atomic mass is 10.1. The minimum Gasteiger partial charge on any atom is -0.307 e. The Kier molecular flexibility index (Phi) is 3.93. The molecule has 0 heterocycles. The van der Waals surface area contributed by atoms with Gasteiger partial charge in [0, 0.05) is 18.9 Å². The second-order valence-corrected chi connectivity index (χ2v) is 3.23. The van der Waals surface area contributed by atoms with Crippen LogP contribution in [0, 0.1) is 0 Å². The molecule has 0 radical (unpaired) electrons. The first-order chi connectivity index (χ1) is 4.89. The van der Waals surface area contributed by atoms with Crippen molar-refractivity contribution < 1.29 is 8.78 Å². The molecule has 1 atom stereocenters. The highest BCUT2D eigenvalue weighted by molar-refractivity contribution is 4.71. The first kappa shape index (κ1) is 10.8. The molecule has 0 saturated carbocycles. The molecule has 0 spiro atoms. The van der Waals surface area contributed by atoms with Crippen molar-refractivity contribution in [2.24, 2.45) is 0 Å². The largest absolute Gasteiger partial charge is 0.307 e. The number of rotatable bonds is 4. The average Bonchev–Trinajstić information content (AvgIpc) is 1.87. The standard InChI is InChI=1S/C8H17F2N/c1-5-8(9,10)6-7(2)11(3)4/h7H,5-6H2,1-4H3. The van der Waals surface area contributed by atoms with E-state index >= 15 is 0 Å². The van der Waals surface area contributed by atoms with Crippen LogP contribution in [-0.4, -0.2) is 31.0 Å². The summed E-state index contributed by atoms with van der Waals surface area (Å²) >= 11 is 0. The Morgan fingerprint density at radius 2 is 1.82 bits per heavy atom. The normalized spacial score (nSPS) is 15.5. The Hall–Kier alpha value is -0.180. The maximum absolute atomic E-state index is 12.7. The van der Waals surface area contributed by atoms with Crippen molar-refractivity contribution in [3.05, 3.63) is 0 Å². The summed E-state index contributed by atoms with van der Waals surface area (Å²) in [5.41, 5.74) is 0. The Morgan fingerprint density at radius 3 is 2.09 bits per heavy atom. The summed E-state index contributed by atoms with van der Waals surface area (Å²) in [4.78, 5) is 1.81. The van der Waals surface area contributed by atoms with Crippen LogP contribution in [-0.2, 0) is 0 Å². The van der Waals surface area contributed by atoms with Gasteiger partial charge in [0.25, 0.3) is 0 Å². The summed E-state index contributed by atoms with van der Waals surface area (Å²) in [5.74, 6) is -2.50. The van der Waals surface area contributed by atoms with Crippen LogP contribution in [0.15, 0.2) is 0 Å². The average molecular weight is 165 g/mol. The molecule has 0 fully saturated rings. The van der Waals surface area contributed by atoms with E-state index in [-0.39, 0.29) is 18.9 Å². The van der Waals surface area contributed by atoms with Crippen LogP contribution in [0.5, 0.6) is 0 Å². The zero-order chi connectivity index (χ0) is 9.07. The zero-order valence-electron chi connectivity index (χ0n) is 7.69. The maximum Gasteiger partial charge on any atom is 0.249 e. The smallest absolute Gasteiger partial charge is 0.249 e. The molecule has 11 heavy (non-hydrogen) atoms. The van der Waals surface area contributed by atoms with Crippen LogP contribution < -0.4 is 0 Å². The van der Waals surface area contributed by atoms with Gasteiger partial charge in [-0.3, -0.25) is 0 Å². The second kappa shape index (κ2) is 4.00. The lowest BCUT2D eigenvalue weighted by Crippen LogP contribution is -2.31. The number of halogens is 2. The van der Waals surface area contributed by atoms with Gasteiger partial charge in [-0.2, -0.15) is 0 Å². The van der Waals surface area contributed by atoms with E-state index in [4.69, 9.17) is 0 Å². The summed E-state index contributed by atoms with van der Waals surface area (Å²) in [6.45, 7) is 3.33. The Bertz CT molecular complexity index is 113. The van der Waals surface area contributed by atoms with Crippen LogP contribution in [0.3, 0.4) is 0 Å². The van der Waals surface area contributed by atoms with Gasteiger partial charge in [0.15, 0.2) is 0 Å². The third-order valence-corrected chi connectivity index (χ3v) is 1.99. The predicted molar refractivity (Wildman–Crippen MR) is 43.0 cm³/mol. The number of nitrogens with zero attached hydrogens (tertiary/aromatic N) is 1. The molecule has 0 N–H and O–H groups in total. The van der Waals surface area contributed by atoms with E-state index in [1.807, 2.05) is 25.9 Å². The summed E-state index contributed by atoms with van der Waals surface area (Å²) < 4.78 is 25.5. The zero-order valence-corrected chi connectivity index (χ0v) is 7.69. The van der Waals surface area contributed by atoms with Gasteiger partial charge in [-0.05, 0) is 21.0 Å². The van der Waals surface area contributed by atoms with Crippen LogP contribution >= 0.6 is 0 Å². The van der Waals surface area contributed by atoms with Gasteiger partial charge in [0.2, 0.25) is 5.92 Å². The van der Waals surface area contributed by atoms with E-state index in [1.165, 1.54) is 6.92 Å². The highest BCUT2D eigenvalue weighted by Crippen LogP contribution is 2.24. The summed E-state index contributed by atoms with van der Waals surface area (Å²) in [5, 5.41) is 0. The molecule has 0 aromatic heterocycles. The SMILES string of the molecule is CCC(F)(F)CC(C)N(C)C. The molecule has 68 valence electrons. The molecule has 0 aromatic rings.